The van der Waals surface area contributed by atoms with Crippen LogP contribution in [0.15, 0.2) is 23.2 Å². The highest BCUT2D eigenvalue weighted by molar-refractivity contribution is 7.90. The van der Waals surface area contributed by atoms with E-state index in [4.69, 9.17) is 0 Å². The molecule has 1 N–H and O–H groups in total. The molecule has 0 saturated carbocycles. The lowest BCUT2D eigenvalue weighted by Gasteiger charge is -2.13. The second-order valence-electron chi connectivity index (χ2n) is 5.10. The molecule has 0 fully saturated rings. The predicted molar refractivity (Wildman–Crippen MR) is 81.1 cm³/mol. The summed E-state index contributed by atoms with van der Waals surface area (Å²) in [5, 5.41) is 3.27. The van der Waals surface area contributed by atoms with Crippen LogP contribution >= 0.6 is 11.3 Å². The zero-order valence-corrected chi connectivity index (χ0v) is 14.5. The molecule has 2 rings (SSSR count). The standard InChI is InChI=1S/C13H14F3N3O3S2/c1-7-6-10(9(3)23-7)24(21,22)18-12(20)8(2)19-5-4-11(17-19)13(14,15)16/h4-6,8H,1-3H3,(H,18,20). The van der Waals surface area contributed by atoms with E-state index in [2.05, 4.69) is 5.10 Å². The summed E-state index contributed by atoms with van der Waals surface area (Å²) in [6.45, 7) is 4.58. The molecule has 1 unspecified atom stereocenters. The molecular weight excluding hydrogens is 367 g/mol. The molecular formula is C13H14F3N3O3S2. The first-order valence-electron chi connectivity index (χ1n) is 6.68. The van der Waals surface area contributed by atoms with Crippen molar-refractivity contribution in [1.29, 1.82) is 0 Å². The van der Waals surface area contributed by atoms with Crippen molar-refractivity contribution in [3.05, 3.63) is 33.8 Å². The summed E-state index contributed by atoms with van der Waals surface area (Å²) >= 11 is 1.26. The third-order valence-electron chi connectivity index (χ3n) is 3.19. The van der Waals surface area contributed by atoms with E-state index in [9.17, 15) is 26.4 Å². The summed E-state index contributed by atoms with van der Waals surface area (Å²) in [4.78, 5) is 13.3. The SMILES string of the molecule is Cc1cc(S(=O)(=O)NC(=O)C(C)n2ccc(C(F)(F)F)n2)c(C)s1. The summed E-state index contributed by atoms with van der Waals surface area (Å²) in [5.74, 6) is -0.977. The normalized spacial score (nSPS) is 13.8. The minimum Gasteiger partial charge on any atom is -0.272 e. The summed E-state index contributed by atoms with van der Waals surface area (Å²) in [5.41, 5.74) is -1.16. The first kappa shape index (κ1) is 18.5. The zero-order valence-electron chi connectivity index (χ0n) is 12.9. The second kappa shape index (κ2) is 6.20. The van der Waals surface area contributed by atoms with Crippen molar-refractivity contribution in [2.75, 3.05) is 0 Å². The van der Waals surface area contributed by atoms with Gasteiger partial charge in [-0.25, -0.2) is 13.1 Å². The lowest BCUT2D eigenvalue weighted by molar-refractivity contribution is -0.142. The maximum atomic E-state index is 12.5. The maximum Gasteiger partial charge on any atom is 0.435 e. The number of carbonyl (C=O) groups excluding carboxylic acids is 1. The van der Waals surface area contributed by atoms with Gasteiger partial charge in [0.15, 0.2) is 5.69 Å². The number of hydrogen-bond acceptors (Lipinski definition) is 5. The molecule has 0 aliphatic heterocycles. The molecule has 24 heavy (non-hydrogen) atoms. The Balaban J connectivity index is 2.20. The number of nitrogens with one attached hydrogen (secondary N) is 1. The third-order valence-corrected chi connectivity index (χ3v) is 5.76. The number of aryl methyl sites for hydroxylation is 2. The number of aromatic nitrogens is 2. The maximum absolute atomic E-state index is 12.5. The molecule has 0 spiro atoms. The van der Waals surface area contributed by atoms with Gasteiger partial charge < -0.3 is 0 Å². The van der Waals surface area contributed by atoms with Crippen molar-refractivity contribution < 1.29 is 26.4 Å². The van der Waals surface area contributed by atoms with E-state index in [0.29, 0.717) is 10.9 Å². The Labute approximate surface area is 140 Å². The topological polar surface area (TPSA) is 81.1 Å². The number of sulfonamides is 1. The van der Waals surface area contributed by atoms with Crippen LogP contribution in [0, 0.1) is 13.8 Å². The van der Waals surface area contributed by atoms with E-state index in [0.717, 1.165) is 15.8 Å². The van der Waals surface area contributed by atoms with Crippen molar-refractivity contribution in [3.63, 3.8) is 0 Å². The van der Waals surface area contributed by atoms with Crippen molar-refractivity contribution >= 4 is 27.3 Å². The van der Waals surface area contributed by atoms with Crippen LogP contribution in [0.2, 0.25) is 0 Å². The Morgan fingerprint density at radius 2 is 2.00 bits per heavy atom. The largest absolute Gasteiger partial charge is 0.435 e. The van der Waals surface area contributed by atoms with Crippen molar-refractivity contribution in [2.45, 2.75) is 37.9 Å². The molecule has 0 aliphatic rings. The first-order valence-corrected chi connectivity index (χ1v) is 8.98. The number of carbonyl (C=O) groups is 1. The van der Waals surface area contributed by atoms with Crippen molar-refractivity contribution in [1.82, 2.24) is 14.5 Å². The molecule has 0 aliphatic carbocycles. The third kappa shape index (κ3) is 3.78. The van der Waals surface area contributed by atoms with E-state index in [1.807, 2.05) is 4.72 Å². The number of amides is 1. The second-order valence-corrected chi connectivity index (χ2v) is 8.21. The summed E-state index contributed by atoms with van der Waals surface area (Å²) < 4.78 is 64.7. The number of hydrogen-bond donors (Lipinski definition) is 1. The molecule has 1 atom stereocenters. The Hall–Kier alpha value is -1.88. The molecule has 6 nitrogen and oxygen atoms in total. The van der Waals surface area contributed by atoms with Crippen LogP contribution in [-0.2, 0) is 21.0 Å². The molecule has 132 valence electrons. The fourth-order valence-electron chi connectivity index (χ4n) is 1.97. The molecule has 1 amide bonds. The lowest BCUT2D eigenvalue weighted by Crippen LogP contribution is -2.36. The fraction of sp³-hybridized carbons (Fsp3) is 0.385. The average molecular weight is 381 g/mol. The minimum absolute atomic E-state index is 0.0259. The van der Waals surface area contributed by atoms with Crippen molar-refractivity contribution in [3.8, 4) is 0 Å². The fourth-order valence-corrected chi connectivity index (χ4v) is 4.58. The highest BCUT2D eigenvalue weighted by atomic mass is 32.2. The number of nitrogens with zero attached hydrogens (tertiary/aromatic N) is 2. The van der Waals surface area contributed by atoms with Gasteiger partial charge in [-0.3, -0.25) is 9.48 Å². The van der Waals surface area contributed by atoms with E-state index in [1.54, 1.807) is 13.8 Å². The Morgan fingerprint density at radius 1 is 1.38 bits per heavy atom. The molecule has 0 saturated heterocycles. The van der Waals surface area contributed by atoms with Crippen LogP contribution in [0.3, 0.4) is 0 Å². The van der Waals surface area contributed by atoms with Gasteiger partial charge >= 0.3 is 6.18 Å². The summed E-state index contributed by atoms with van der Waals surface area (Å²) in [6.07, 6.45) is -3.67. The predicted octanol–water partition coefficient (Wildman–Crippen LogP) is 2.65. The van der Waals surface area contributed by atoms with Gasteiger partial charge in [-0.05, 0) is 32.9 Å². The van der Waals surface area contributed by atoms with Crippen molar-refractivity contribution in [2.24, 2.45) is 0 Å². The first-order chi connectivity index (χ1) is 10.9. The molecule has 2 aromatic heterocycles. The van der Waals surface area contributed by atoms with Crippen LogP contribution in [0.25, 0.3) is 0 Å². The lowest BCUT2D eigenvalue weighted by atomic mass is 10.3. The molecule has 2 heterocycles. The number of alkyl halides is 3. The number of rotatable bonds is 4. The Bertz CT molecular complexity index is 869. The monoisotopic (exact) mass is 381 g/mol. The molecule has 0 bridgehead atoms. The van der Waals surface area contributed by atoms with Gasteiger partial charge in [0.25, 0.3) is 15.9 Å². The van der Waals surface area contributed by atoms with Crippen LogP contribution in [0.5, 0.6) is 0 Å². The molecule has 2 aromatic rings. The minimum atomic E-state index is -4.64. The zero-order chi connectivity index (χ0) is 18.3. The quantitative estimate of drug-likeness (QED) is 0.883. The van der Waals surface area contributed by atoms with Crippen LogP contribution in [-0.4, -0.2) is 24.1 Å². The summed E-state index contributed by atoms with van der Waals surface area (Å²) in [6, 6.07) is 0.913. The molecule has 0 aromatic carbocycles. The summed E-state index contributed by atoms with van der Waals surface area (Å²) in [7, 11) is -4.10. The van der Waals surface area contributed by atoms with Gasteiger partial charge in [0.1, 0.15) is 10.9 Å². The van der Waals surface area contributed by atoms with Gasteiger partial charge in [0, 0.05) is 16.0 Å². The highest BCUT2D eigenvalue weighted by Crippen LogP contribution is 2.28. The van der Waals surface area contributed by atoms with Crippen LogP contribution in [0.1, 0.15) is 28.4 Å². The highest BCUT2D eigenvalue weighted by Gasteiger charge is 2.34. The van der Waals surface area contributed by atoms with Crippen LogP contribution < -0.4 is 4.72 Å². The smallest absolute Gasteiger partial charge is 0.272 e. The van der Waals surface area contributed by atoms with Gasteiger partial charge in [-0.1, -0.05) is 0 Å². The average Bonchev–Trinajstić information content (AvgIpc) is 3.03. The van der Waals surface area contributed by atoms with E-state index in [1.165, 1.54) is 24.3 Å². The Kier molecular flexibility index (Phi) is 4.77. The van der Waals surface area contributed by atoms with Gasteiger partial charge in [-0.15, -0.1) is 11.3 Å². The van der Waals surface area contributed by atoms with E-state index >= 15 is 0 Å². The number of thiophene rings is 1. The van der Waals surface area contributed by atoms with E-state index in [-0.39, 0.29) is 4.90 Å². The number of halogens is 3. The van der Waals surface area contributed by atoms with Crippen LogP contribution in [0.4, 0.5) is 13.2 Å². The molecule has 0 radical (unpaired) electrons. The van der Waals surface area contributed by atoms with Gasteiger partial charge in [0.05, 0.1) is 0 Å². The van der Waals surface area contributed by atoms with Gasteiger partial charge in [0.2, 0.25) is 0 Å². The molecule has 11 heteroatoms. The van der Waals surface area contributed by atoms with E-state index < -0.39 is 33.8 Å². The Morgan fingerprint density at radius 3 is 2.46 bits per heavy atom. The van der Waals surface area contributed by atoms with Gasteiger partial charge in [-0.2, -0.15) is 18.3 Å².